The smallest absolute Gasteiger partial charge is 0.335 e. The van der Waals surface area contributed by atoms with Crippen molar-refractivity contribution in [2.45, 2.75) is 6.92 Å². The molecule has 15 heavy (non-hydrogen) atoms. The number of carboxylic acid groups (broad SMARTS) is 1. The van der Waals surface area contributed by atoms with Crippen molar-refractivity contribution >= 4 is 5.97 Å². The van der Waals surface area contributed by atoms with E-state index in [9.17, 15) is 4.79 Å². The minimum atomic E-state index is -0.903. The zero-order valence-electron chi connectivity index (χ0n) is 8.32. The average molecular weight is 201 g/mol. The van der Waals surface area contributed by atoms with Crippen molar-refractivity contribution in [3.05, 3.63) is 47.7 Å². The highest BCUT2D eigenvalue weighted by Crippen LogP contribution is 2.19. The van der Waals surface area contributed by atoms with Gasteiger partial charge in [-0.2, -0.15) is 0 Å². The predicted molar refractivity (Wildman–Crippen MR) is 57.9 cm³/mol. The maximum absolute atomic E-state index is 10.8. The van der Waals surface area contributed by atoms with Gasteiger partial charge in [-0.05, 0) is 36.8 Å². The lowest BCUT2D eigenvalue weighted by Crippen LogP contribution is -1.95. The van der Waals surface area contributed by atoms with Gasteiger partial charge >= 0.3 is 5.97 Å². The van der Waals surface area contributed by atoms with Crippen LogP contribution in [0.2, 0.25) is 0 Å². The Bertz CT molecular complexity index is 500. The molecular weight excluding hydrogens is 190 g/mol. The lowest BCUT2D eigenvalue weighted by Gasteiger charge is -1.99. The lowest BCUT2D eigenvalue weighted by atomic mass is 10.1. The normalized spacial score (nSPS) is 10.2. The predicted octanol–water partition coefficient (Wildman–Crippen LogP) is 2.69. The van der Waals surface area contributed by atoms with Crippen LogP contribution in [0.5, 0.6) is 0 Å². The number of aromatic carboxylic acids is 1. The van der Waals surface area contributed by atoms with Gasteiger partial charge in [0.05, 0.1) is 5.56 Å². The van der Waals surface area contributed by atoms with Crippen LogP contribution in [0, 0.1) is 6.92 Å². The Hall–Kier alpha value is -2.03. The molecule has 3 nitrogen and oxygen atoms in total. The topological polar surface area (TPSA) is 53.1 Å². The van der Waals surface area contributed by atoms with E-state index >= 15 is 0 Å². The van der Waals surface area contributed by atoms with Crippen molar-refractivity contribution in [1.82, 2.24) is 4.98 Å². The van der Waals surface area contributed by atoms with Crippen molar-refractivity contribution < 1.29 is 9.90 Å². The summed E-state index contributed by atoms with van der Waals surface area (Å²) in [6, 6.07) is 10.8. The molecule has 2 N–H and O–H groups in total. The molecule has 0 amide bonds. The number of aryl methyl sites for hydroxylation is 1. The monoisotopic (exact) mass is 201 g/mol. The molecule has 0 aliphatic heterocycles. The molecule has 0 saturated carbocycles. The van der Waals surface area contributed by atoms with Crippen LogP contribution in [-0.2, 0) is 0 Å². The summed E-state index contributed by atoms with van der Waals surface area (Å²) in [4.78, 5) is 13.9. The molecule has 1 heterocycles. The average Bonchev–Trinajstić information content (AvgIpc) is 2.65. The molecule has 0 radical (unpaired) electrons. The minimum absolute atomic E-state index is 0.305. The molecule has 1 aromatic heterocycles. The van der Waals surface area contributed by atoms with Gasteiger partial charge in [0.2, 0.25) is 0 Å². The fourth-order valence-electron chi connectivity index (χ4n) is 1.49. The molecule has 0 aliphatic rings. The van der Waals surface area contributed by atoms with Crippen molar-refractivity contribution in [3.63, 3.8) is 0 Å². The molecule has 1 aromatic carbocycles. The first-order valence-electron chi connectivity index (χ1n) is 4.66. The Morgan fingerprint density at radius 2 is 2.07 bits per heavy atom. The van der Waals surface area contributed by atoms with Gasteiger partial charge in [-0.15, -0.1) is 0 Å². The van der Waals surface area contributed by atoms with Crippen LogP contribution in [0.3, 0.4) is 0 Å². The van der Waals surface area contributed by atoms with Gasteiger partial charge in [0, 0.05) is 11.4 Å². The number of nitrogens with one attached hydrogen (secondary N) is 1. The summed E-state index contributed by atoms with van der Waals surface area (Å²) >= 11 is 0. The minimum Gasteiger partial charge on any atom is -0.478 e. The number of aromatic amines is 1. The van der Waals surface area contributed by atoms with Gasteiger partial charge in [-0.25, -0.2) is 4.79 Å². The number of hydrogen-bond acceptors (Lipinski definition) is 1. The van der Waals surface area contributed by atoms with Crippen molar-refractivity contribution in [1.29, 1.82) is 0 Å². The maximum Gasteiger partial charge on any atom is 0.335 e. The second kappa shape index (κ2) is 3.61. The van der Waals surface area contributed by atoms with Gasteiger partial charge in [0.15, 0.2) is 0 Å². The number of rotatable bonds is 2. The standard InChI is InChI=1S/C12H11NO2/c1-8-5-6-11(13-8)9-3-2-4-10(7-9)12(14)15/h2-7,13H,1H3,(H,14,15). The van der Waals surface area contributed by atoms with Crippen LogP contribution in [0.4, 0.5) is 0 Å². The summed E-state index contributed by atoms with van der Waals surface area (Å²) in [5.41, 5.74) is 3.20. The molecule has 2 aromatic rings. The first-order valence-corrected chi connectivity index (χ1v) is 4.66. The summed E-state index contributed by atoms with van der Waals surface area (Å²) in [5, 5.41) is 8.85. The number of aromatic nitrogens is 1. The molecule has 0 bridgehead atoms. The van der Waals surface area contributed by atoms with Crippen LogP contribution in [0.15, 0.2) is 36.4 Å². The number of benzene rings is 1. The SMILES string of the molecule is Cc1ccc(-c2cccc(C(=O)O)c2)[nH]1. The van der Waals surface area contributed by atoms with E-state index in [1.54, 1.807) is 18.2 Å². The molecule has 0 atom stereocenters. The van der Waals surface area contributed by atoms with E-state index in [1.807, 2.05) is 25.1 Å². The summed E-state index contributed by atoms with van der Waals surface area (Å²) in [5.74, 6) is -0.903. The molecule has 0 saturated heterocycles. The van der Waals surface area contributed by atoms with E-state index in [0.29, 0.717) is 5.56 Å². The third kappa shape index (κ3) is 1.91. The highest BCUT2D eigenvalue weighted by molar-refractivity contribution is 5.89. The Morgan fingerprint density at radius 3 is 2.67 bits per heavy atom. The third-order valence-electron chi connectivity index (χ3n) is 2.25. The molecule has 0 unspecified atom stereocenters. The Balaban J connectivity index is 2.45. The third-order valence-corrected chi connectivity index (χ3v) is 2.25. The van der Waals surface area contributed by atoms with Gasteiger partial charge in [-0.1, -0.05) is 12.1 Å². The number of carbonyl (C=O) groups is 1. The lowest BCUT2D eigenvalue weighted by molar-refractivity contribution is 0.0697. The van der Waals surface area contributed by atoms with E-state index in [0.717, 1.165) is 17.0 Å². The number of H-pyrrole nitrogens is 1. The molecule has 0 aliphatic carbocycles. The number of hydrogen-bond donors (Lipinski definition) is 2. The van der Waals surface area contributed by atoms with Crippen molar-refractivity contribution in [3.8, 4) is 11.3 Å². The van der Waals surface area contributed by atoms with Gasteiger partial charge in [0.1, 0.15) is 0 Å². The van der Waals surface area contributed by atoms with E-state index < -0.39 is 5.97 Å². The molecule has 0 fully saturated rings. The highest BCUT2D eigenvalue weighted by atomic mass is 16.4. The van der Waals surface area contributed by atoms with Gasteiger partial charge < -0.3 is 10.1 Å². The van der Waals surface area contributed by atoms with E-state index in [2.05, 4.69) is 4.98 Å². The fourth-order valence-corrected chi connectivity index (χ4v) is 1.49. The van der Waals surface area contributed by atoms with Crippen LogP contribution in [0.25, 0.3) is 11.3 Å². The molecule has 2 rings (SSSR count). The summed E-state index contributed by atoms with van der Waals surface area (Å²) < 4.78 is 0. The van der Waals surface area contributed by atoms with E-state index in [1.165, 1.54) is 0 Å². The fraction of sp³-hybridized carbons (Fsp3) is 0.0833. The second-order valence-electron chi connectivity index (χ2n) is 3.44. The largest absolute Gasteiger partial charge is 0.478 e. The molecule has 0 spiro atoms. The zero-order valence-corrected chi connectivity index (χ0v) is 8.32. The van der Waals surface area contributed by atoms with Crippen LogP contribution in [-0.4, -0.2) is 16.1 Å². The van der Waals surface area contributed by atoms with Gasteiger partial charge in [0.25, 0.3) is 0 Å². The summed E-state index contributed by atoms with van der Waals surface area (Å²) in [6.45, 7) is 1.96. The van der Waals surface area contributed by atoms with Crippen molar-refractivity contribution in [2.24, 2.45) is 0 Å². The Labute approximate surface area is 87.4 Å². The Kier molecular flexibility index (Phi) is 2.29. The highest BCUT2D eigenvalue weighted by Gasteiger charge is 2.05. The quantitative estimate of drug-likeness (QED) is 0.784. The summed E-state index contributed by atoms with van der Waals surface area (Å²) in [7, 11) is 0. The molecular formula is C12H11NO2. The van der Waals surface area contributed by atoms with Gasteiger partial charge in [-0.3, -0.25) is 0 Å². The molecule has 76 valence electrons. The van der Waals surface area contributed by atoms with Crippen LogP contribution in [0.1, 0.15) is 16.1 Å². The number of carboxylic acids is 1. The Morgan fingerprint density at radius 1 is 1.27 bits per heavy atom. The van der Waals surface area contributed by atoms with E-state index in [-0.39, 0.29) is 0 Å². The maximum atomic E-state index is 10.8. The summed E-state index contributed by atoms with van der Waals surface area (Å²) in [6.07, 6.45) is 0. The van der Waals surface area contributed by atoms with Crippen LogP contribution >= 0.6 is 0 Å². The van der Waals surface area contributed by atoms with Crippen LogP contribution < -0.4 is 0 Å². The zero-order chi connectivity index (χ0) is 10.8. The molecule has 3 heteroatoms. The van der Waals surface area contributed by atoms with Crippen molar-refractivity contribution in [2.75, 3.05) is 0 Å². The second-order valence-corrected chi connectivity index (χ2v) is 3.44. The first-order chi connectivity index (χ1) is 7.16. The van der Waals surface area contributed by atoms with E-state index in [4.69, 9.17) is 5.11 Å². The first kappa shape index (κ1) is 9.52.